The fraction of sp³-hybridized carbons (Fsp3) is 0.267. The maximum Gasteiger partial charge on any atom is 0.242 e. The summed E-state index contributed by atoms with van der Waals surface area (Å²) in [5.41, 5.74) is 5.91. The molecule has 3 rings (SSSR count). The van der Waals surface area contributed by atoms with E-state index in [1.54, 1.807) is 18.5 Å². The van der Waals surface area contributed by atoms with Gasteiger partial charge in [-0.25, -0.2) is 0 Å². The molecular weight excluding hydrogens is 420 g/mol. The molecule has 2 heterocycles. The summed E-state index contributed by atoms with van der Waals surface area (Å²) in [5, 5.41) is 23.1. The van der Waals surface area contributed by atoms with Gasteiger partial charge in [0.05, 0.1) is 16.2 Å². The summed E-state index contributed by atoms with van der Waals surface area (Å²) in [4.78, 5) is 23.6. The van der Waals surface area contributed by atoms with Crippen LogP contribution in [-0.2, 0) is 9.59 Å². The van der Waals surface area contributed by atoms with Crippen molar-refractivity contribution < 1.29 is 9.59 Å². The quantitative estimate of drug-likeness (QED) is 0.398. The molecule has 0 aliphatic carbocycles. The number of benzene rings is 1. The summed E-state index contributed by atoms with van der Waals surface area (Å²) >= 11 is 3.57. The summed E-state index contributed by atoms with van der Waals surface area (Å²) in [5.74, 6) is -0.617. The summed E-state index contributed by atoms with van der Waals surface area (Å²) in [6, 6.07) is 9.41. The van der Waals surface area contributed by atoms with Crippen LogP contribution in [0.1, 0.15) is 13.8 Å². The Morgan fingerprint density at radius 1 is 1.21 bits per heavy atom. The Morgan fingerprint density at radius 3 is 2.68 bits per heavy atom. The predicted octanol–water partition coefficient (Wildman–Crippen LogP) is 1.60. The van der Waals surface area contributed by atoms with Gasteiger partial charge in [-0.2, -0.15) is 4.68 Å². The fourth-order valence-electron chi connectivity index (χ4n) is 1.95. The second-order valence-electron chi connectivity index (χ2n) is 5.90. The first-order valence-electron chi connectivity index (χ1n) is 7.94. The number of carbonyl (C=O) groups is 2. The summed E-state index contributed by atoms with van der Waals surface area (Å²) in [6.45, 7) is 3.53. The number of primary amides is 1. The first-order chi connectivity index (χ1) is 13.3. The molecule has 0 spiro atoms. The molecule has 146 valence electrons. The Bertz CT molecular complexity index is 973. The Kier molecular flexibility index (Phi) is 6.26. The monoisotopic (exact) mass is 436 g/mol. The number of nitrogens with one attached hydrogen (secondary N) is 1. The molecule has 10 nitrogen and oxygen atoms in total. The van der Waals surface area contributed by atoms with Crippen LogP contribution in [0.2, 0.25) is 0 Å². The first kappa shape index (κ1) is 20.2. The lowest BCUT2D eigenvalue weighted by Crippen LogP contribution is -2.34. The van der Waals surface area contributed by atoms with Gasteiger partial charge in [0.1, 0.15) is 0 Å². The molecule has 1 aromatic carbocycles. The predicted molar refractivity (Wildman–Crippen MR) is 108 cm³/mol. The minimum Gasteiger partial charge on any atom is -0.369 e. The van der Waals surface area contributed by atoms with Crippen LogP contribution in [0.5, 0.6) is 0 Å². The first-order valence-corrected chi connectivity index (χ1v) is 10.6. The lowest BCUT2D eigenvalue weighted by atomic mass is 10.2. The number of hydrogen-bond acceptors (Lipinski definition) is 10. The van der Waals surface area contributed by atoms with Crippen molar-refractivity contribution in [2.24, 2.45) is 5.73 Å². The zero-order valence-electron chi connectivity index (χ0n) is 14.9. The number of rotatable bonds is 8. The van der Waals surface area contributed by atoms with Gasteiger partial charge < -0.3 is 5.73 Å². The van der Waals surface area contributed by atoms with Crippen molar-refractivity contribution in [2.45, 2.75) is 28.1 Å². The van der Waals surface area contributed by atoms with Crippen LogP contribution in [0.15, 0.2) is 39.8 Å². The number of amides is 2. The van der Waals surface area contributed by atoms with Gasteiger partial charge in [0.2, 0.25) is 22.1 Å². The molecule has 0 saturated carbocycles. The van der Waals surface area contributed by atoms with Crippen molar-refractivity contribution >= 4 is 51.8 Å². The Hall–Kier alpha value is -2.51. The molecule has 28 heavy (non-hydrogen) atoms. The van der Waals surface area contributed by atoms with Gasteiger partial charge in [-0.3, -0.25) is 14.9 Å². The van der Waals surface area contributed by atoms with Crippen LogP contribution < -0.4 is 11.1 Å². The molecule has 3 N–H and O–H groups in total. The van der Waals surface area contributed by atoms with Crippen LogP contribution in [0.4, 0.5) is 5.13 Å². The molecule has 0 radical (unpaired) electrons. The van der Waals surface area contributed by atoms with Crippen molar-refractivity contribution in [2.75, 3.05) is 11.1 Å². The smallest absolute Gasteiger partial charge is 0.242 e. The largest absolute Gasteiger partial charge is 0.369 e. The third-order valence-corrected chi connectivity index (χ3v) is 6.43. The number of para-hydroxylation sites is 1. The van der Waals surface area contributed by atoms with Gasteiger partial charge in [-0.1, -0.05) is 53.1 Å². The van der Waals surface area contributed by atoms with Crippen LogP contribution in [-0.4, -0.2) is 52.7 Å². The lowest BCUT2D eigenvalue weighted by molar-refractivity contribution is -0.118. The molecule has 2 amide bonds. The summed E-state index contributed by atoms with van der Waals surface area (Å²) in [6.07, 6.45) is 0. The number of anilines is 1. The molecule has 0 aliphatic rings. The Balaban J connectivity index is 1.67. The van der Waals surface area contributed by atoms with Crippen molar-refractivity contribution in [1.29, 1.82) is 0 Å². The summed E-state index contributed by atoms with van der Waals surface area (Å²) < 4.78 is 1.24. The van der Waals surface area contributed by atoms with E-state index in [4.69, 9.17) is 5.73 Å². The normalized spacial score (nSPS) is 11.4. The number of carbonyl (C=O) groups excluding carboxylic acids is 2. The van der Waals surface area contributed by atoms with Crippen LogP contribution in [0.3, 0.4) is 0 Å². The van der Waals surface area contributed by atoms with Gasteiger partial charge in [-0.15, -0.1) is 15.3 Å². The van der Waals surface area contributed by atoms with E-state index in [-0.39, 0.29) is 11.7 Å². The third-order valence-electron chi connectivity index (χ3n) is 3.30. The van der Waals surface area contributed by atoms with Gasteiger partial charge in [0, 0.05) is 0 Å². The Labute approximate surface area is 172 Å². The van der Waals surface area contributed by atoms with Crippen molar-refractivity contribution in [3.05, 3.63) is 30.3 Å². The van der Waals surface area contributed by atoms with E-state index in [2.05, 4.69) is 31.0 Å². The van der Waals surface area contributed by atoms with Crippen LogP contribution >= 0.6 is 34.9 Å². The molecule has 3 aromatic rings. The van der Waals surface area contributed by atoms with Gasteiger partial charge in [-0.05, 0) is 36.4 Å². The van der Waals surface area contributed by atoms with Crippen LogP contribution in [0, 0.1) is 0 Å². The van der Waals surface area contributed by atoms with E-state index in [9.17, 15) is 9.59 Å². The highest BCUT2D eigenvalue weighted by molar-refractivity contribution is 8.01. The minimum absolute atomic E-state index is 0.103. The fourth-order valence-corrected chi connectivity index (χ4v) is 4.34. The molecule has 0 fully saturated rings. The number of aromatic nitrogens is 6. The van der Waals surface area contributed by atoms with Crippen molar-refractivity contribution in [3.8, 4) is 5.69 Å². The highest BCUT2D eigenvalue weighted by Crippen LogP contribution is 2.33. The molecule has 0 atom stereocenters. The van der Waals surface area contributed by atoms with Crippen molar-refractivity contribution in [3.63, 3.8) is 0 Å². The van der Waals surface area contributed by atoms with E-state index < -0.39 is 10.7 Å². The standard InChI is InChI=1S/C15H16N8O2S3/c1-15(2,11(25)17-12-18-20-14(27-12)26-8-10(16)24)28-13-19-21-22-23(13)9-6-4-3-5-7-9/h3-7H,8H2,1-2H3,(H2,16,24)(H,17,18,25). The van der Waals surface area contributed by atoms with E-state index >= 15 is 0 Å². The topological polar surface area (TPSA) is 142 Å². The average Bonchev–Trinajstić information content (AvgIpc) is 3.29. The van der Waals surface area contributed by atoms with Crippen LogP contribution in [0.25, 0.3) is 5.69 Å². The highest BCUT2D eigenvalue weighted by Gasteiger charge is 2.32. The van der Waals surface area contributed by atoms with Crippen molar-refractivity contribution in [1.82, 2.24) is 30.4 Å². The molecule has 0 unspecified atom stereocenters. The maximum atomic E-state index is 12.7. The zero-order valence-corrected chi connectivity index (χ0v) is 17.3. The Morgan fingerprint density at radius 2 is 1.96 bits per heavy atom. The van der Waals surface area contributed by atoms with Gasteiger partial charge >= 0.3 is 0 Å². The highest BCUT2D eigenvalue weighted by atomic mass is 32.2. The van der Waals surface area contributed by atoms with E-state index in [0.29, 0.717) is 14.6 Å². The maximum absolute atomic E-state index is 12.7. The third kappa shape index (κ3) is 5.05. The lowest BCUT2D eigenvalue weighted by Gasteiger charge is -2.21. The van der Waals surface area contributed by atoms with Gasteiger partial charge in [0.15, 0.2) is 4.34 Å². The second kappa shape index (κ2) is 8.67. The molecule has 13 heteroatoms. The minimum atomic E-state index is -0.882. The zero-order chi connectivity index (χ0) is 20.1. The number of thioether (sulfide) groups is 2. The molecule has 0 aliphatic heterocycles. The number of nitrogens with zero attached hydrogens (tertiary/aromatic N) is 6. The second-order valence-corrected chi connectivity index (χ2v) is 9.69. The summed E-state index contributed by atoms with van der Waals surface area (Å²) in [7, 11) is 0. The SMILES string of the molecule is CC(C)(Sc1nnnn1-c1ccccc1)C(=O)Nc1nnc(SCC(N)=O)s1. The molecule has 0 bridgehead atoms. The van der Waals surface area contributed by atoms with Gasteiger partial charge in [0.25, 0.3) is 0 Å². The van der Waals surface area contributed by atoms with E-state index in [1.165, 1.54) is 34.9 Å². The number of hydrogen-bond donors (Lipinski definition) is 2. The molecular formula is C15H16N8O2S3. The van der Waals surface area contributed by atoms with E-state index in [0.717, 1.165) is 5.69 Å². The number of tetrazole rings is 1. The average molecular weight is 437 g/mol. The van der Waals surface area contributed by atoms with E-state index in [1.807, 2.05) is 30.3 Å². The molecule has 0 saturated heterocycles. The molecule has 2 aromatic heterocycles. The number of nitrogens with two attached hydrogens (primary N) is 1.